The van der Waals surface area contributed by atoms with Crippen molar-refractivity contribution in [2.24, 2.45) is 0 Å². The molecule has 0 spiro atoms. The molecule has 2 aliphatic carbocycles. The quantitative estimate of drug-likeness (QED) is 0.372. The second-order valence-electron chi connectivity index (χ2n) is 10.5. The van der Waals surface area contributed by atoms with Gasteiger partial charge in [0.2, 0.25) is 0 Å². The predicted molar refractivity (Wildman–Crippen MR) is 139 cm³/mol. The van der Waals surface area contributed by atoms with Gasteiger partial charge in [-0.2, -0.15) is 0 Å². The van der Waals surface area contributed by atoms with Crippen LogP contribution in [0, 0.1) is 13.8 Å². The van der Waals surface area contributed by atoms with Crippen molar-refractivity contribution in [2.45, 2.75) is 60.4 Å². The maximum Gasteiger partial charge on any atom is -0.147 e. The van der Waals surface area contributed by atoms with Crippen molar-refractivity contribution in [3.05, 3.63) is 80.9 Å². The minimum Gasteiger partial charge on any atom is -0.147 e. The van der Waals surface area contributed by atoms with Crippen LogP contribution in [0.2, 0.25) is 10.5 Å². The second-order valence-corrected chi connectivity index (χ2v) is 30.7. The molecule has 0 radical (unpaired) electrons. The SMILES string of the molecule is CC1=C(C)[CH]([Ti]([CH3])([CH3])(=[SiH2])[CH]2C(C)=C(C)c3cccc(C)c32)c2c(C)cccc21.Cl.Cl. The summed E-state index contributed by atoms with van der Waals surface area (Å²) in [6, 6.07) is 13.8. The average molecular weight is 495 g/mol. The number of aryl methyl sites for hydroxylation is 2. The van der Waals surface area contributed by atoms with Gasteiger partial charge in [0.15, 0.2) is 0 Å². The summed E-state index contributed by atoms with van der Waals surface area (Å²) in [7, 11) is 2.43. The van der Waals surface area contributed by atoms with Gasteiger partial charge in [0.05, 0.1) is 0 Å². The van der Waals surface area contributed by atoms with Crippen molar-refractivity contribution in [3.8, 4) is 0 Å². The Hall–Kier alpha value is -0.569. The number of benzene rings is 2. The molecule has 0 amide bonds. The third-order valence-corrected chi connectivity index (χ3v) is 19.5. The van der Waals surface area contributed by atoms with Gasteiger partial charge >= 0.3 is 174 Å². The number of hydrogen-bond acceptors (Lipinski definition) is 0. The fraction of sp³-hybridized carbons (Fsp3) is 0.385. The Kier molecular flexibility index (Phi) is 6.93. The second kappa shape index (κ2) is 8.09. The molecule has 2 atom stereocenters. The molecular formula is C26H36Cl2SiTi. The number of allylic oxidation sites excluding steroid dienone is 4. The number of hydrogen-bond donors (Lipinski definition) is 0. The van der Waals surface area contributed by atoms with Crippen molar-refractivity contribution in [3.63, 3.8) is 0 Å². The van der Waals surface area contributed by atoms with Crippen LogP contribution in [0.1, 0.15) is 69.5 Å². The molecule has 0 saturated heterocycles. The normalized spacial score (nSPS) is 20.6. The van der Waals surface area contributed by atoms with Gasteiger partial charge in [-0.25, -0.2) is 0 Å². The summed E-state index contributed by atoms with van der Waals surface area (Å²) in [4.78, 5) is 0. The van der Waals surface area contributed by atoms with Crippen molar-refractivity contribution in [1.82, 2.24) is 0 Å². The van der Waals surface area contributed by atoms with Crippen LogP contribution in [0.15, 0.2) is 47.5 Å². The van der Waals surface area contributed by atoms with E-state index in [1.807, 2.05) is 0 Å². The molecule has 0 bridgehead atoms. The molecular weight excluding hydrogens is 459 g/mol. The Morgan fingerprint density at radius 3 is 1.30 bits per heavy atom. The third kappa shape index (κ3) is 3.37. The first-order valence-electron chi connectivity index (χ1n) is 10.6. The van der Waals surface area contributed by atoms with Crippen LogP contribution in [-0.4, -0.2) is 7.63 Å². The van der Waals surface area contributed by atoms with Gasteiger partial charge in [-0.15, -0.1) is 24.8 Å². The molecule has 0 saturated carbocycles. The summed E-state index contributed by atoms with van der Waals surface area (Å²) >= 11 is -3.08. The molecule has 162 valence electrons. The molecule has 4 heteroatoms. The van der Waals surface area contributed by atoms with Crippen LogP contribution in [0.5, 0.6) is 0 Å². The zero-order chi connectivity index (χ0) is 20.6. The molecule has 2 aromatic rings. The minimum atomic E-state index is -3.08. The first kappa shape index (κ1) is 25.7. The standard InChI is InChI=1S/2C12H13.2CH3.2ClH.H2Si.Ti/c2*1-8-5-4-6-11-10(3)9(2)7-12(8)11;;;;;;/h2*4-7H,1-3H3;2*1H3;2*1H;1H2;. The topological polar surface area (TPSA) is 0 Å². The summed E-state index contributed by atoms with van der Waals surface area (Å²) in [5.74, 6) is 0. The van der Waals surface area contributed by atoms with E-state index >= 15 is 0 Å². The molecule has 0 aromatic heterocycles. The Balaban J connectivity index is 0.00000160. The van der Waals surface area contributed by atoms with E-state index < -0.39 is 14.0 Å². The summed E-state index contributed by atoms with van der Waals surface area (Å²) in [6.07, 6.45) is 0. The third-order valence-electron chi connectivity index (χ3n) is 7.98. The van der Waals surface area contributed by atoms with Crippen molar-refractivity contribution in [1.29, 1.82) is 0 Å². The van der Waals surface area contributed by atoms with E-state index in [1.165, 1.54) is 33.4 Å². The van der Waals surface area contributed by atoms with E-state index in [1.54, 1.807) is 22.3 Å². The molecule has 0 heterocycles. The van der Waals surface area contributed by atoms with Gasteiger partial charge in [-0.1, -0.05) is 0 Å². The van der Waals surface area contributed by atoms with Gasteiger partial charge in [0.1, 0.15) is 0 Å². The van der Waals surface area contributed by atoms with Gasteiger partial charge in [0, 0.05) is 0 Å². The van der Waals surface area contributed by atoms with Crippen LogP contribution in [0.3, 0.4) is 0 Å². The smallest absolute Gasteiger partial charge is 0.147 e. The summed E-state index contributed by atoms with van der Waals surface area (Å²) < 4.78 is 1.23. The molecule has 0 aliphatic heterocycles. The maximum atomic E-state index is 2.72. The molecule has 0 N–H and O–H groups in total. The Morgan fingerprint density at radius 1 is 0.633 bits per heavy atom. The fourth-order valence-corrected chi connectivity index (χ4v) is 20.6. The molecule has 0 nitrogen and oxygen atoms in total. The molecule has 2 aliphatic rings. The fourth-order valence-electron chi connectivity index (χ4n) is 6.61. The van der Waals surface area contributed by atoms with Gasteiger partial charge < -0.3 is 0 Å². The van der Waals surface area contributed by atoms with Gasteiger partial charge in [0.25, 0.3) is 0 Å². The first-order chi connectivity index (χ1) is 13.0. The van der Waals surface area contributed by atoms with Crippen LogP contribution >= 0.6 is 24.8 Å². The summed E-state index contributed by atoms with van der Waals surface area (Å²) in [6.45, 7) is 14.2. The molecule has 0 fully saturated rings. The van der Waals surface area contributed by atoms with E-state index in [0.717, 1.165) is 0 Å². The zero-order valence-corrected chi connectivity index (χ0v) is 24.3. The minimum absolute atomic E-state index is 0. The van der Waals surface area contributed by atoms with E-state index in [9.17, 15) is 0 Å². The molecule has 2 unspecified atom stereocenters. The van der Waals surface area contributed by atoms with Crippen LogP contribution in [0.4, 0.5) is 0 Å². The van der Waals surface area contributed by atoms with Gasteiger partial charge in [-0.3, -0.25) is 0 Å². The zero-order valence-electron chi connectivity index (χ0n) is 19.6. The molecule has 2 aromatic carbocycles. The Labute approximate surface area is 198 Å². The van der Waals surface area contributed by atoms with Crippen LogP contribution < -0.4 is 0 Å². The molecule has 30 heavy (non-hydrogen) atoms. The van der Waals surface area contributed by atoms with Crippen LogP contribution in [0.25, 0.3) is 11.1 Å². The Bertz CT molecular complexity index is 1080. The first-order valence-corrected chi connectivity index (χ1v) is 19.5. The Morgan fingerprint density at radius 2 is 0.967 bits per heavy atom. The summed E-state index contributed by atoms with van der Waals surface area (Å²) in [5, 5.41) is 5.45. The number of fused-ring (bicyclic) bond motifs is 2. The number of rotatable bonds is 2. The summed E-state index contributed by atoms with van der Waals surface area (Å²) in [5.41, 5.74) is 15.6. The van der Waals surface area contributed by atoms with E-state index in [2.05, 4.69) is 96.0 Å². The molecule has 4 rings (SSSR count). The van der Waals surface area contributed by atoms with Crippen molar-refractivity contribution < 1.29 is 14.0 Å². The van der Waals surface area contributed by atoms with Crippen molar-refractivity contribution in [2.75, 3.05) is 0 Å². The van der Waals surface area contributed by atoms with E-state index in [-0.39, 0.29) is 24.8 Å². The van der Waals surface area contributed by atoms with Crippen LogP contribution in [-0.2, 0) is 14.0 Å². The van der Waals surface area contributed by atoms with E-state index in [0.29, 0.717) is 8.45 Å². The van der Waals surface area contributed by atoms with Crippen molar-refractivity contribution >= 4 is 43.6 Å². The predicted octanol–water partition coefficient (Wildman–Crippen LogP) is 7.88. The van der Waals surface area contributed by atoms with Gasteiger partial charge in [-0.05, 0) is 0 Å². The van der Waals surface area contributed by atoms with E-state index in [4.69, 9.17) is 0 Å². The monoisotopic (exact) mass is 494 g/mol. The largest absolute Gasteiger partial charge is 0.147 e. The maximum absolute atomic E-state index is 3.08. The number of halogens is 2. The average Bonchev–Trinajstić information content (AvgIpc) is 3.04.